The molecule has 18 heavy (non-hydrogen) atoms. The molecule has 0 amide bonds. The van der Waals surface area contributed by atoms with Gasteiger partial charge in [0.05, 0.1) is 0 Å². The molecule has 1 aromatic carbocycles. The highest BCUT2D eigenvalue weighted by Gasteiger charge is 2.31. The van der Waals surface area contributed by atoms with E-state index in [9.17, 15) is 4.79 Å². The molecule has 1 aliphatic carbocycles. The number of hydrogen-bond donors (Lipinski definition) is 0. The minimum atomic E-state index is 0.139. The van der Waals surface area contributed by atoms with Crippen LogP contribution >= 0.6 is 0 Å². The van der Waals surface area contributed by atoms with Gasteiger partial charge in [0.1, 0.15) is 0 Å². The molecule has 96 valence electrons. The molecule has 2 fully saturated rings. The summed E-state index contributed by atoms with van der Waals surface area (Å²) in [4.78, 5) is 16.3. The fourth-order valence-electron chi connectivity index (χ4n) is 2.69. The third-order valence-electron chi connectivity index (χ3n) is 4.02. The highest BCUT2D eigenvalue weighted by molar-refractivity contribution is 5.94. The second-order valence-corrected chi connectivity index (χ2v) is 5.36. The van der Waals surface area contributed by atoms with Crippen molar-refractivity contribution in [3.8, 4) is 0 Å². The van der Waals surface area contributed by atoms with Crippen LogP contribution in [0.15, 0.2) is 24.3 Å². The molecular formula is C15H20N2O. The first-order chi connectivity index (χ1) is 8.74. The number of anilines is 1. The van der Waals surface area contributed by atoms with E-state index in [1.165, 1.54) is 31.6 Å². The zero-order valence-corrected chi connectivity index (χ0v) is 10.9. The van der Waals surface area contributed by atoms with Gasteiger partial charge in [-0.2, -0.15) is 0 Å². The topological polar surface area (TPSA) is 23.6 Å². The van der Waals surface area contributed by atoms with Crippen LogP contribution in [-0.2, 0) is 0 Å². The van der Waals surface area contributed by atoms with Crippen molar-refractivity contribution in [2.24, 2.45) is 0 Å². The molecule has 0 bridgehead atoms. The van der Waals surface area contributed by atoms with Crippen molar-refractivity contribution < 1.29 is 4.79 Å². The number of piperazine rings is 1. The van der Waals surface area contributed by atoms with Gasteiger partial charge in [0.15, 0.2) is 5.78 Å². The van der Waals surface area contributed by atoms with Crippen molar-refractivity contribution in [2.45, 2.75) is 25.8 Å². The summed E-state index contributed by atoms with van der Waals surface area (Å²) in [6, 6.07) is 8.90. The fourth-order valence-corrected chi connectivity index (χ4v) is 2.69. The zero-order valence-electron chi connectivity index (χ0n) is 10.9. The SMILES string of the molecule is CC(=O)c1ccc(N2CCN(C3CC3)CC2)cc1. The predicted molar refractivity (Wildman–Crippen MR) is 73.3 cm³/mol. The standard InChI is InChI=1S/C15H20N2O/c1-12(18)13-2-4-14(5-3-13)16-8-10-17(11-9-16)15-6-7-15/h2-5,15H,6-11H2,1H3. The second kappa shape index (κ2) is 4.73. The lowest BCUT2D eigenvalue weighted by Crippen LogP contribution is -2.47. The Morgan fingerprint density at radius 2 is 1.67 bits per heavy atom. The number of carbonyl (C=O) groups excluding carboxylic acids is 1. The predicted octanol–water partition coefficient (Wildman–Crippen LogP) is 2.17. The van der Waals surface area contributed by atoms with Crippen molar-refractivity contribution in [1.29, 1.82) is 0 Å². The number of carbonyl (C=O) groups is 1. The number of rotatable bonds is 3. The quantitative estimate of drug-likeness (QED) is 0.761. The molecule has 3 rings (SSSR count). The highest BCUT2D eigenvalue weighted by atomic mass is 16.1. The van der Waals surface area contributed by atoms with E-state index in [-0.39, 0.29) is 5.78 Å². The maximum absolute atomic E-state index is 11.2. The molecule has 0 spiro atoms. The lowest BCUT2D eigenvalue weighted by Gasteiger charge is -2.36. The molecule has 0 aromatic heterocycles. The van der Waals surface area contributed by atoms with Gasteiger partial charge in [-0.3, -0.25) is 9.69 Å². The molecule has 3 heteroatoms. The Hall–Kier alpha value is -1.35. The van der Waals surface area contributed by atoms with Crippen LogP contribution in [0, 0.1) is 0 Å². The van der Waals surface area contributed by atoms with Crippen LogP contribution in [0.1, 0.15) is 30.1 Å². The lowest BCUT2D eigenvalue weighted by molar-refractivity contribution is 0.101. The summed E-state index contributed by atoms with van der Waals surface area (Å²) in [5.74, 6) is 0.139. The van der Waals surface area contributed by atoms with E-state index in [1.807, 2.05) is 12.1 Å². The zero-order chi connectivity index (χ0) is 12.5. The van der Waals surface area contributed by atoms with Gasteiger partial charge >= 0.3 is 0 Å². The molecule has 1 aliphatic heterocycles. The largest absolute Gasteiger partial charge is 0.369 e. The van der Waals surface area contributed by atoms with Gasteiger partial charge in [-0.05, 0) is 44.0 Å². The molecule has 1 aromatic rings. The minimum Gasteiger partial charge on any atom is -0.369 e. The van der Waals surface area contributed by atoms with E-state index in [1.54, 1.807) is 6.92 Å². The number of nitrogens with zero attached hydrogens (tertiary/aromatic N) is 2. The molecule has 1 saturated carbocycles. The molecule has 0 radical (unpaired) electrons. The summed E-state index contributed by atoms with van der Waals surface area (Å²) >= 11 is 0. The van der Waals surface area contributed by atoms with Gasteiger partial charge in [-0.15, -0.1) is 0 Å². The summed E-state index contributed by atoms with van der Waals surface area (Å²) in [6.45, 7) is 6.19. The van der Waals surface area contributed by atoms with Gasteiger partial charge in [0.25, 0.3) is 0 Å². The van der Waals surface area contributed by atoms with Crippen molar-refractivity contribution >= 4 is 11.5 Å². The van der Waals surface area contributed by atoms with E-state index in [0.717, 1.165) is 24.7 Å². The van der Waals surface area contributed by atoms with Gasteiger partial charge in [0.2, 0.25) is 0 Å². The van der Waals surface area contributed by atoms with E-state index in [2.05, 4.69) is 21.9 Å². The second-order valence-electron chi connectivity index (χ2n) is 5.36. The van der Waals surface area contributed by atoms with Crippen molar-refractivity contribution in [1.82, 2.24) is 4.90 Å². The first-order valence-corrected chi connectivity index (χ1v) is 6.84. The Morgan fingerprint density at radius 3 is 2.17 bits per heavy atom. The number of Topliss-reactive ketones (excluding diaryl/α,β-unsaturated/α-hetero) is 1. The molecule has 3 nitrogen and oxygen atoms in total. The molecule has 0 N–H and O–H groups in total. The summed E-state index contributed by atoms with van der Waals surface area (Å²) in [5.41, 5.74) is 2.05. The Kier molecular flexibility index (Phi) is 3.08. The Morgan fingerprint density at radius 1 is 1.06 bits per heavy atom. The van der Waals surface area contributed by atoms with Crippen molar-refractivity contribution in [3.05, 3.63) is 29.8 Å². The van der Waals surface area contributed by atoms with E-state index >= 15 is 0 Å². The normalized spacial score (nSPS) is 21.1. The van der Waals surface area contributed by atoms with Crippen LogP contribution in [0.5, 0.6) is 0 Å². The lowest BCUT2D eigenvalue weighted by atomic mass is 10.1. The van der Waals surface area contributed by atoms with Crippen molar-refractivity contribution in [2.75, 3.05) is 31.1 Å². The van der Waals surface area contributed by atoms with Gasteiger partial charge in [-0.1, -0.05) is 0 Å². The first kappa shape index (κ1) is 11.7. The van der Waals surface area contributed by atoms with Gasteiger partial charge in [-0.25, -0.2) is 0 Å². The van der Waals surface area contributed by atoms with Crippen LogP contribution in [0.2, 0.25) is 0 Å². The van der Waals surface area contributed by atoms with Crippen LogP contribution in [-0.4, -0.2) is 42.9 Å². The monoisotopic (exact) mass is 244 g/mol. The number of hydrogen-bond acceptors (Lipinski definition) is 3. The molecule has 2 aliphatic rings. The van der Waals surface area contributed by atoms with Crippen LogP contribution in [0.3, 0.4) is 0 Å². The summed E-state index contributed by atoms with van der Waals surface area (Å²) in [7, 11) is 0. The molecule has 0 atom stereocenters. The van der Waals surface area contributed by atoms with Crippen molar-refractivity contribution in [3.63, 3.8) is 0 Å². The maximum Gasteiger partial charge on any atom is 0.159 e. The van der Waals surface area contributed by atoms with E-state index < -0.39 is 0 Å². The average Bonchev–Trinajstić information content (AvgIpc) is 3.23. The molecule has 1 saturated heterocycles. The van der Waals surface area contributed by atoms with Gasteiger partial charge in [0, 0.05) is 43.5 Å². The van der Waals surface area contributed by atoms with Gasteiger partial charge < -0.3 is 4.90 Å². The molecule has 1 heterocycles. The fraction of sp³-hybridized carbons (Fsp3) is 0.533. The summed E-state index contributed by atoms with van der Waals surface area (Å²) in [5, 5.41) is 0. The van der Waals surface area contributed by atoms with E-state index in [0.29, 0.717) is 0 Å². The highest BCUT2D eigenvalue weighted by Crippen LogP contribution is 2.28. The average molecular weight is 244 g/mol. The Labute approximate surface area is 108 Å². The number of benzene rings is 1. The minimum absolute atomic E-state index is 0.139. The number of ketones is 1. The first-order valence-electron chi connectivity index (χ1n) is 6.84. The maximum atomic E-state index is 11.2. The third kappa shape index (κ3) is 2.41. The Bertz CT molecular complexity index is 428. The van der Waals surface area contributed by atoms with E-state index in [4.69, 9.17) is 0 Å². The molecule has 0 unspecified atom stereocenters. The Balaban J connectivity index is 1.62. The van der Waals surface area contributed by atoms with Crippen LogP contribution in [0.25, 0.3) is 0 Å². The van der Waals surface area contributed by atoms with Crippen LogP contribution < -0.4 is 4.90 Å². The third-order valence-corrected chi connectivity index (χ3v) is 4.02. The smallest absolute Gasteiger partial charge is 0.159 e. The summed E-state index contributed by atoms with van der Waals surface area (Å²) < 4.78 is 0. The summed E-state index contributed by atoms with van der Waals surface area (Å²) in [6.07, 6.45) is 2.79. The van der Waals surface area contributed by atoms with Crippen LogP contribution in [0.4, 0.5) is 5.69 Å². The molecular weight excluding hydrogens is 224 g/mol.